The molecule has 9 aromatic carbocycles. The molecule has 0 amide bonds. The molecule has 0 saturated heterocycles. The maximum absolute atomic E-state index is 10.5. The zero-order chi connectivity index (χ0) is 46.3. The highest BCUT2D eigenvalue weighted by Gasteiger charge is 2.46. The predicted octanol–water partition coefficient (Wildman–Crippen LogP) is 14.9. The number of nitrogens with zero attached hydrogens (tertiary/aromatic N) is 3. The van der Waals surface area contributed by atoms with E-state index in [-0.39, 0.29) is 47.4 Å². The number of aromatic nitrogens is 3. The topological polar surface area (TPSA) is 38.7 Å². The van der Waals surface area contributed by atoms with Crippen LogP contribution in [0, 0.1) is 0 Å². The monoisotopic (exact) mass is 813 g/mol. The van der Waals surface area contributed by atoms with Gasteiger partial charge in [0.05, 0.1) is 13.6 Å². The van der Waals surface area contributed by atoms with E-state index in [1.165, 1.54) is 0 Å². The van der Waals surface area contributed by atoms with E-state index in [1.807, 2.05) is 146 Å². The number of fused-ring (bicyclic) bond motifs is 6. The van der Waals surface area contributed by atoms with Gasteiger partial charge in [-0.1, -0.05) is 206 Å². The van der Waals surface area contributed by atoms with E-state index in [2.05, 4.69) is 36.4 Å². The lowest BCUT2D eigenvalue weighted by molar-refractivity contribution is 0.769. The van der Waals surface area contributed by atoms with Gasteiger partial charge in [-0.05, 0) is 73.8 Å². The van der Waals surface area contributed by atoms with Crippen LogP contribution in [0.4, 0.5) is 0 Å². The summed E-state index contributed by atoms with van der Waals surface area (Å²) in [4.78, 5) is 15.8. The highest BCUT2D eigenvalue weighted by atomic mass is 32.1. The lowest BCUT2D eigenvalue weighted by Crippen LogP contribution is -2.28. The number of rotatable bonds is 7. The van der Waals surface area contributed by atoms with Crippen molar-refractivity contribution in [3.8, 4) is 67.5 Å². The molecule has 0 fully saturated rings. The third kappa shape index (κ3) is 5.68. The fourth-order valence-corrected chi connectivity index (χ4v) is 10.4. The van der Waals surface area contributed by atoms with E-state index in [4.69, 9.17) is 17.7 Å². The van der Waals surface area contributed by atoms with Gasteiger partial charge in [0.15, 0.2) is 17.5 Å². The van der Waals surface area contributed by atoms with Gasteiger partial charge in [-0.15, -0.1) is 11.3 Å². The minimum Gasteiger partial charge on any atom is -0.208 e. The molecule has 0 bridgehead atoms. The van der Waals surface area contributed by atoms with E-state index < -0.39 is 5.41 Å². The van der Waals surface area contributed by atoms with Crippen molar-refractivity contribution in [3.63, 3.8) is 0 Å². The van der Waals surface area contributed by atoms with Gasteiger partial charge >= 0.3 is 0 Å². The molecular weight excluding hydrogens is 771 g/mol. The molecule has 0 saturated carbocycles. The van der Waals surface area contributed by atoms with Crippen LogP contribution in [-0.4, -0.2) is 15.0 Å². The first-order valence-corrected chi connectivity index (χ1v) is 21.4. The van der Waals surface area contributed by atoms with Crippen molar-refractivity contribution in [3.05, 3.63) is 247 Å². The quantitative estimate of drug-likeness (QED) is 0.161. The van der Waals surface area contributed by atoms with Crippen LogP contribution >= 0.6 is 11.3 Å². The Morgan fingerprint density at radius 1 is 0.371 bits per heavy atom. The van der Waals surface area contributed by atoms with E-state index in [0.29, 0.717) is 45.3 Å². The second-order valence-electron chi connectivity index (χ2n) is 15.4. The van der Waals surface area contributed by atoms with Crippen molar-refractivity contribution >= 4 is 31.5 Å². The summed E-state index contributed by atoms with van der Waals surface area (Å²) in [5.74, 6) is 1.25. The smallest absolute Gasteiger partial charge is 0.165 e. The molecule has 2 aromatic heterocycles. The van der Waals surface area contributed by atoms with Gasteiger partial charge in [0.1, 0.15) is 0 Å². The van der Waals surface area contributed by atoms with Crippen molar-refractivity contribution in [1.29, 1.82) is 0 Å². The molecule has 290 valence electrons. The van der Waals surface area contributed by atoms with Crippen LogP contribution in [0.3, 0.4) is 0 Å². The van der Waals surface area contributed by atoms with Crippen LogP contribution in [-0.2, 0) is 5.41 Å². The van der Waals surface area contributed by atoms with Crippen LogP contribution in [0.2, 0.25) is 0 Å². The first kappa shape index (κ1) is 30.3. The Hall–Kier alpha value is -7.79. The molecule has 0 N–H and O–H groups in total. The van der Waals surface area contributed by atoms with E-state index in [0.717, 1.165) is 53.6 Å². The van der Waals surface area contributed by atoms with E-state index in [9.17, 15) is 5.48 Å². The molecule has 11 aromatic rings. The summed E-state index contributed by atoms with van der Waals surface area (Å²) in [7, 11) is 0. The van der Waals surface area contributed by atoms with Gasteiger partial charge < -0.3 is 0 Å². The second kappa shape index (κ2) is 14.7. The fourth-order valence-electron chi connectivity index (χ4n) is 9.23. The van der Waals surface area contributed by atoms with Gasteiger partial charge in [-0.3, -0.25) is 0 Å². The van der Waals surface area contributed by atoms with Gasteiger partial charge in [-0.2, -0.15) is 0 Å². The lowest BCUT2D eigenvalue weighted by atomic mass is 9.67. The van der Waals surface area contributed by atoms with Gasteiger partial charge in [0.25, 0.3) is 0 Å². The minimum absolute atomic E-state index is 0.00575. The van der Waals surface area contributed by atoms with Gasteiger partial charge in [0.2, 0.25) is 0 Å². The molecule has 12 rings (SSSR count). The molecule has 0 spiro atoms. The van der Waals surface area contributed by atoms with Crippen molar-refractivity contribution in [2.24, 2.45) is 0 Å². The maximum Gasteiger partial charge on any atom is 0.165 e. The Morgan fingerprint density at radius 2 is 0.887 bits per heavy atom. The molecule has 0 atom stereocenters. The molecule has 2 heterocycles. The molecule has 0 radical (unpaired) electrons. The SMILES string of the molecule is [2H]c1cc2c(c([2H])c1[2H])-c1c([2H])c([2H])c(-c3ccccc3-c3nc(-c4ccccc4-c4ccccc4)nc(-c4cccc5c4sc4ccccc45)n3)c([2H])c1C2(c1ccccc1)c1ccccc1. The summed E-state index contributed by atoms with van der Waals surface area (Å²) in [6.45, 7) is 0. The summed E-state index contributed by atoms with van der Waals surface area (Å²) < 4.78 is 59.5. The van der Waals surface area contributed by atoms with Crippen molar-refractivity contribution in [2.75, 3.05) is 0 Å². The van der Waals surface area contributed by atoms with E-state index >= 15 is 0 Å². The third-order valence-electron chi connectivity index (χ3n) is 12.0. The summed E-state index contributed by atoms with van der Waals surface area (Å²) >= 11 is 1.69. The summed E-state index contributed by atoms with van der Waals surface area (Å²) in [6.07, 6.45) is 0. The average Bonchev–Trinajstić information content (AvgIpc) is 3.93. The Bertz CT molecular complexity index is 3780. The third-order valence-corrected chi connectivity index (χ3v) is 13.2. The first-order valence-electron chi connectivity index (χ1n) is 23.5. The zero-order valence-electron chi connectivity index (χ0n) is 39.1. The van der Waals surface area contributed by atoms with Gasteiger partial charge in [0, 0.05) is 36.9 Å². The van der Waals surface area contributed by atoms with Crippen molar-refractivity contribution in [2.45, 2.75) is 5.41 Å². The normalized spacial score (nSPS) is 14.0. The first-order chi connectivity index (χ1) is 33.3. The number of benzene rings is 9. The Morgan fingerprint density at radius 3 is 1.56 bits per heavy atom. The molecule has 3 nitrogen and oxygen atoms in total. The number of hydrogen-bond donors (Lipinski definition) is 0. The fraction of sp³-hybridized carbons (Fsp3) is 0.0172. The predicted molar refractivity (Wildman–Crippen MR) is 257 cm³/mol. The summed E-state index contributed by atoms with van der Waals surface area (Å²) in [5, 5.41) is 2.25. The zero-order valence-corrected chi connectivity index (χ0v) is 34.0. The van der Waals surface area contributed by atoms with Crippen LogP contribution in [0.5, 0.6) is 0 Å². The summed E-state index contributed by atoms with van der Waals surface area (Å²) in [6, 6.07) is 60.3. The van der Waals surface area contributed by atoms with Crippen LogP contribution < -0.4 is 0 Å². The maximum atomic E-state index is 10.5. The highest BCUT2D eigenvalue weighted by Crippen LogP contribution is 2.57. The Labute approximate surface area is 372 Å². The van der Waals surface area contributed by atoms with E-state index in [1.54, 1.807) is 17.4 Å². The van der Waals surface area contributed by atoms with Crippen LogP contribution in [0.15, 0.2) is 224 Å². The molecule has 1 aliphatic carbocycles. The summed E-state index contributed by atoms with van der Waals surface area (Å²) in [5.41, 5.74) is 6.58. The minimum atomic E-state index is -1.28. The molecule has 4 heteroatoms. The standard InChI is InChI=1S/C58H37N3S/c1-4-19-38(20-5-1)42-25-10-12-29-48(42)55-59-56(61-57(60-55)50-32-18-31-47-46-28-15-17-34-53(46)62-54(47)50)49-30-13-11-26-43(49)39-35-36-45-44-27-14-16-33-51(44)58(52(45)37-39,40-21-6-2-7-22-40)41-23-8-3-9-24-41/h1-37H/i14D,16D,27D,35D,36D,37D. The highest BCUT2D eigenvalue weighted by molar-refractivity contribution is 7.26. The molecular formula is C58H37N3S. The van der Waals surface area contributed by atoms with Crippen molar-refractivity contribution in [1.82, 2.24) is 15.0 Å². The van der Waals surface area contributed by atoms with Gasteiger partial charge in [-0.25, -0.2) is 15.0 Å². The Kier molecular flexibility index (Phi) is 7.19. The number of thiophene rings is 1. The molecule has 1 aliphatic rings. The van der Waals surface area contributed by atoms with Crippen LogP contribution in [0.1, 0.15) is 30.5 Å². The van der Waals surface area contributed by atoms with Crippen LogP contribution in [0.25, 0.3) is 87.7 Å². The largest absolute Gasteiger partial charge is 0.208 e. The molecule has 0 aliphatic heterocycles. The Balaban J connectivity index is 1.16. The molecule has 0 unspecified atom stereocenters. The van der Waals surface area contributed by atoms with Crippen molar-refractivity contribution < 1.29 is 8.22 Å². The lowest BCUT2D eigenvalue weighted by Gasteiger charge is -2.34. The second-order valence-corrected chi connectivity index (χ2v) is 16.4. The average molecular weight is 814 g/mol. The number of hydrogen-bond acceptors (Lipinski definition) is 4. The molecule has 62 heavy (non-hydrogen) atoms.